The zero-order chi connectivity index (χ0) is 11.3. The molecule has 3 nitrogen and oxygen atoms in total. The highest BCUT2D eigenvalue weighted by Crippen LogP contribution is 2.29. The van der Waals surface area contributed by atoms with Gasteiger partial charge in [-0.05, 0) is 38.5 Å². The first-order valence-corrected chi connectivity index (χ1v) is 6.08. The van der Waals surface area contributed by atoms with Gasteiger partial charge in [-0.25, -0.2) is 4.79 Å². The molecular formula is C11H19ClO3. The van der Waals surface area contributed by atoms with Crippen molar-refractivity contribution in [3.8, 4) is 0 Å². The van der Waals surface area contributed by atoms with Crippen molar-refractivity contribution in [2.24, 2.45) is 5.92 Å². The van der Waals surface area contributed by atoms with Gasteiger partial charge >= 0.3 is 6.16 Å². The fourth-order valence-corrected chi connectivity index (χ4v) is 2.15. The van der Waals surface area contributed by atoms with Gasteiger partial charge in [-0.2, -0.15) is 0 Å². The van der Waals surface area contributed by atoms with E-state index in [1.807, 2.05) is 0 Å². The highest BCUT2D eigenvalue weighted by molar-refractivity contribution is 6.19. The second-order valence-electron chi connectivity index (χ2n) is 4.02. The smallest absolute Gasteiger partial charge is 0.431 e. The summed E-state index contributed by atoms with van der Waals surface area (Å²) in [6.07, 6.45) is 4.89. The molecule has 0 radical (unpaired) electrons. The summed E-state index contributed by atoms with van der Waals surface area (Å²) in [6, 6.07) is 0. The van der Waals surface area contributed by atoms with Gasteiger partial charge in [0.25, 0.3) is 0 Å². The van der Waals surface area contributed by atoms with Crippen molar-refractivity contribution in [1.82, 2.24) is 0 Å². The molecule has 1 aliphatic rings. The van der Waals surface area contributed by atoms with E-state index in [0.717, 1.165) is 25.7 Å². The molecule has 1 fully saturated rings. The number of halogens is 1. The normalized spacial score (nSPS) is 28.2. The standard InChI is InChI=1S/C11H19ClO3/c1-3-9-6-4-5-7-10(9)15-11(13)14-8(2)12/h8-10H,3-7H2,1-2H3. The molecule has 1 aliphatic carbocycles. The molecular weight excluding hydrogens is 216 g/mol. The molecule has 0 bridgehead atoms. The molecule has 1 rings (SSSR count). The van der Waals surface area contributed by atoms with Crippen LogP contribution in [0.2, 0.25) is 0 Å². The molecule has 0 aromatic rings. The number of hydrogen-bond donors (Lipinski definition) is 0. The minimum Gasteiger partial charge on any atom is -0.431 e. The Kier molecular flexibility index (Phi) is 5.23. The van der Waals surface area contributed by atoms with Gasteiger partial charge in [0.1, 0.15) is 6.10 Å². The molecule has 0 heterocycles. The fourth-order valence-electron chi connectivity index (χ4n) is 2.08. The summed E-state index contributed by atoms with van der Waals surface area (Å²) < 4.78 is 10.0. The fraction of sp³-hybridized carbons (Fsp3) is 0.909. The second kappa shape index (κ2) is 6.21. The van der Waals surface area contributed by atoms with Crippen LogP contribution in [0, 0.1) is 5.92 Å². The maximum Gasteiger partial charge on any atom is 0.510 e. The summed E-state index contributed by atoms with van der Waals surface area (Å²) in [4.78, 5) is 11.3. The molecule has 0 aromatic heterocycles. The van der Waals surface area contributed by atoms with E-state index in [9.17, 15) is 4.79 Å². The minimum atomic E-state index is -0.636. The second-order valence-corrected chi connectivity index (χ2v) is 4.63. The molecule has 15 heavy (non-hydrogen) atoms. The van der Waals surface area contributed by atoms with E-state index in [0.29, 0.717) is 5.92 Å². The van der Waals surface area contributed by atoms with Crippen LogP contribution in [0.4, 0.5) is 4.79 Å². The number of carbonyl (C=O) groups excluding carboxylic acids is 1. The molecule has 0 amide bonds. The predicted octanol–water partition coefficient (Wildman–Crippen LogP) is 3.69. The third-order valence-electron chi connectivity index (χ3n) is 2.87. The highest BCUT2D eigenvalue weighted by Gasteiger charge is 2.27. The van der Waals surface area contributed by atoms with E-state index in [-0.39, 0.29) is 6.10 Å². The monoisotopic (exact) mass is 234 g/mol. The maximum atomic E-state index is 11.3. The summed E-state index contributed by atoms with van der Waals surface area (Å²) in [7, 11) is 0. The van der Waals surface area contributed by atoms with Crippen LogP contribution in [-0.4, -0.2) is 17.8 Å². The molecule has 0 aliphatic heterocycles. The van der Waals surface area contributed by atoms with Crippen LogP contribution in [0.25, 0.3) is 0 Å². The summed E-state index contributed by atoms with van der Waals surface area (Å²) in [5.74, 6) is 0.483. The molecule has 3 unspecified atom stereocenters. The number of rotatable bonds is 3. The zero-order valence-corrected chi connectivity index (χ0v) is 10.1. The average Bonchev–Trinajstić information content (AvgIpc) is 2.17. The Morgan fingerprint density at radius 2 is 2.13 bits per heavy atom. The van der Waals surface area contributed by atoms with Gasteiger partial charge in [0, 0.05) is 0 Å². The molecule has 0 spiro atoms. The minimum absolute atomic E-state index is 0.0201. The summed E-state index contributed by atoms with van der Waals surface area (Å²) in [5.41, 5.74) is -0.624. The van der Waals surface area contributed by atoms with E-state index in [2.05, 4.69) is 6.92 Å². The Labute approximate surface area is 96.1 Å². The Morgan fingerprint density at radius 1 is 1.47 bits per heavy atom. The highest BCUT2D eigenvalue weighted by atomic mass is 35.5. The quantitative estimate of drug-likeness (QED) is 0.552. The van der Waals surface area contributed by atoms with Gasteiger partial charge in [0.05, 0.1) is 0 Å². The molecule has 1 saturated carbocycles. The molecule has 3 atom stereocenters. The topological polar surface area (TPSA) is 35.5 Å². The van der Waals surface area contributed by atoms with Crippen LogP contribution in [0.15, 0.2) is 0 Å². The lowest BCUT2D eigenvalue weighted by Gasteiger charge is -2.29. The third kappa shape index (κ3) is 4.29. The van der Waals surface area contributed by atoms with Crippen molar-refractivity contribution in [3.63, 3.8) is 0 Å². The van der Waals surface area contributed by atoms with E-state index in [1.54, 1.807) is 6.92 Å². The molecule has 88 valence electrons. The number of hydrogen-bond acceptors (Lipinski definition) is 3. The maximum absolute atomic E-state index is 11.3. The average molecular weight is 235 g/mol. The third-order valence-corrected chi connectivity index (χ3v) is 2.96. The molecule has 0 N–H and O–H groups in total. The van der Waals surface area contributed by atoms with Crippen LogP contribution in [0.1, 0.15) is 46.0 Å². The molecule has 0 aromatic carbocycles. The first-order chi connectivity index (χ1) is 7.13. The van der Waals surface area contributed by atoms with Crippen molar-refractivity contribution < 1.29 is 14.3 Å². The van der Waals surface area contributed by atoms with Crippen LogP contribution < -0.4 is 0 Å². The number of carbonyl (C=O) groups is 1. The number of alkyl halides is 1. The Balaban J connectivity index is 2.37. The lowest BCUT2D eigenvalue weighted by Crippen LogP contribution is -2.30. The largest absolute Gasteiger partial charge is 0.510 e. The summed E-state index contributed by atoms with van der Waals surface area (Å²) in [5, 5.41) is 0. The molecule has 4 heteroatoms. The van der Waals surface area contributed by atoms with E-state index >= 15 is 0 Å². The van der Waals surface area contributed by atoms with Gasteiger partial charge in [-0.1, -0.05) is 24.9 Å². The Bertz CT molecular complexity index is 206. The van der Waals surface area contributed by atoms with Crippen LogP contribution >= 0.6 is 11.6 Å². The Morgan fingerprint density at radius 3 is 2.73 bits per heavy atom. The van der Waals surface area contributed by atoms with E-state index in [4.69, 9.17) is 21.1 Å². The summed E-state index contributed by atoms with van der Waals surface area (Å²) >= 11 is 5.54. The first-order valence-electron chi connectivity index (χ1n) is 5.64. The van der Waals surface area contributed by atoms with Crippen molar-refractivity contribution in [1.29, 1.82) is 0 Å². The van der Waals surface area contributed by atoms with E-state index in [1.165, 1.54) is 6.42 Å². The van der Waals surface area contributed by atoms with Crippen LogP contribution in [0.5, 0.6) is 0 Å². The summed E-state index contributed by atoms with van der Waals surface area (Å²) in [6.45, 7) is 3.73. The van der Waals surface area contributed by atoms with E-state index < -0.39 is 11.7 Å². The van der Waals surface area contributed by atoms with Crippen LogP contribution in [0.3, 0.4) is 0 Å². The predicted molar refractivity (Wildman–Crippen MR) is 58.9 cm³/mol. The first kappa shape index (κ1) is 12.6. The Hall–Kier alpha value is -0.440. The van der Waals surface area contributed by atoms with Crippen molar-refractivity contribution in [2.45, 2.75) is 57.6 Å². The number of ether oxygens (including phenoxy) is 2. The van der Waals surface area contributed by atoms with Crippen molar-refractivity contribution >= 4 is 17.8 Å². The molecule has 0 saturated heterocycles. The van der Waals surface area contributed by atoms with Crippen molar-refractivity contribution in [3.05, 3.63) is 0 Å². The van der Waals surface area contributed by atoms with Crippen LogP contribution in [-0.2, 0) is 9.47 Å². The van der Waals surface area contributed by atoms with Gasteiger partial charge in [0.15, 0.2) is 5.56 Å². The lowest BCUT2D eigenvalue weighted by molar-refractivity contribution is -0.0160. The van der Waals surface area contributed by atoms with Gasteiger partial charge in [-0.15, -0.1) is 0 Å². The van der Waals surface area contributed by atoms with Gasteiger partial charge in [-0.3, -0.25) is 0 Å². The SMILES string of the molecule is CCC1CCCCC1OC(=O)OC(C)Cl. The zero-order valence-electron chi connectivity index (χ0n) is 9.37. The van der Waals surface area contributed by atoms with Gasteiger partial charge in [0.2, 0.25) is 0 Å². The lowest BCUT2D eigenvalue weighted by atomic mass is 9.85. The van der Waals surface area contributed by atoms with Crippen molar-refractivity contribution in [2.75, 3.05) is 0 Å². The van der Waals surface area contributed by atoms with Gasteiger partial charge < -0.3 is 9.47 Å².